The average Bonchev–Trinajstić information content (AvgIpc) is 3.46. The van der Waals surface area contributed by atoms with Gasteiger partial charge in [0.1, 0.15) is 29.7 Å². The first-order valence-electron chi connectivity index (χ1n) is 15.1. The van der Waals surface area contributed by atoms with Crippen LogP contribution in [0.15, 0.2) is 85.1 Å². The Morgan fingerprint density at radius 1 is 0.851 bits per heavy atom. The number of aryl methyl sites for hydroxylation is 1. The van der Waals surface area contributed by atoms with Gasteiger partial charge in [0.05, 0.1) is 23.7 Å². The molecule has 12 nitrogen and oxygen atoms in total. The van der Waals surface area contributed by atoms with E-state index in [4.69, 9.17) is 14.6 Å². The lowest BCUT2D eigenvalue weighted by atomic mass is 9.92. The molecule has 5 aromatic rings. The van der Waals surface area contributed by atoms with Crippen molar-refractivity contribution < 1.29 is 23.9 Å². The first-order chi connectivity index (χ1) is 22.5. The number of hydrogen-bond acceptors (Lipinski definition) is 7. The summed E-state index contributed by atoms with van der Waals surface area (Å²) in [7, 11) is 0. The third-order valence-corrected chi connectivity index (χ3v) is 7.03. The predicted molar refractivity (Wildman–Crippen MR) is 182 cm³/mol. The minimum Gasteiger partial charge on any atom is -0.465 e. The van der Waals surface area contributed by atoms with Gasteiger partial charge in [-0.1, -0.05) is 62.7 Å². The molecule has 0 atom stereocenters. The van der Waals surface area contributed by atoms with E-state index in [1.54, 1.807) is 35.9 Å². The van der Waals surface area contributed by atoms with Gasteiger partial charge < -0.3 is 20.1 Å². The Labute approximate surface area is 272 Å². The summed E-state index contributed by atoms with van der Waals surface area (Å²) < 4.78 is 12.7. The fourth-order valence-electron chi connectivity index (χ4n) is 4.65. The normalized spacial score (nSPS) is 11.1. The van der Waals surface area contributed by atoms with Gasteiger partial charge in [-0.05, 0) is 44.2 Å². The molecule has 0 aliphatic heterocycles. The van der Waals surface area contributed by atoms with Gasteiger partial charge in [-0.15, -0.1) is 0 Å². The van der Waals surface area contributed by atoms with Crippen LogP contribution in [0.4, 0.5) is 26.9 Å². The summed E-state index contributed by atoms with van der Waals surface area (Å²) >= 11 is 0. The van der Waals surface area contributed by atoms with E-state index in [0.717, 1.165) is 27.7 Å². The number of nitrogens with one attached hydrogen (secondary N) is 4. The fourth-order valence-corrected chi connectivity index (χ4v) is 4.65. The number of aromatic nitrogens is 3. The van der Waals surface area contributed by atoms with Crippen LogP contribution < -0.4 is 26.0 Å². The van der Waals surface area contributed by atoms with Crippen LogP contribution >= 0.6 is 0 Å². The van der Waals surface area contributed by atoms with Crippen molar-refractivity contribution in [3.63, 3.8) is 0 Å². The summed E-state index contributed by atoms with van der Waals surface area (Å²) in [5.74, 6) is 1.17. The van der Waals surface area contributed by atoms with Crippen LogP contribution in [0, 0.1) is 6.92 Å². The second-order valence-corrected chi connectivity index (χ2v) is 11.7. The summed E-state index contributed by atoms with van der Waals surface area (Å²) in [5.41, 5.74) is 3.15. The standard InChI is InChI=1S/C35H37N7O5/c1-6-46-32(43)21-37-33(44)39-30-19-24(17-18-36-30)47-28-16-15-27(25-9-7-8-10-26(25)28)38-34(45)40-31-20-29(35(3,4)5)41-42(31)23-13-11-22(2)12-14-23/h7-20H,6,21H2,1-5H3,(H2,38,40,45)(H2,36,37,39,44). The van der Waals surface area contributed by atoms with E-state index in [0.29, 0.717) is 23.0 Å². The van der Waals surface area contributed by atoms with Crippen LogP contribution in [-0.4, -0.2) is 45.9 Å². The van der Waals surface area contributed by atoms with E-state index in [2.05, 4.69) is 47.0 Å². The van der Waals surface area contributed by atoms with Gasteiger partial charge in [0.15, 0.2) is 0 Å². The molecule has 2 aromatic heterocycles. The second kappa shape index (κ2) is 14.0. The Bertz CT molecular complexity index is 1910. The Morgan fingerprint density at radius 3 is 2.32 bits per heavy atom. The fraction of sp³-hybridized carbons (Fsp3) is 0.229. The second-order valence-electron chi connectivity index (χ2n) is 11.7. The number of ether oxygens (including phenoxy) is 2. The number of pyridine rings is 1. The van der Waals surface area contributed by atoms with E-state index in [-0.39, 0.29) is 24.4 Å². The number of esters is 1. The molecule has 5 rings (SSSR count). The van der Waals surface area contributed by atoms with Crippen molar-refractivity contribution in [3.05, 3.63) is 96.3 Å². The maximum atomic E-state index is 13.4. The molecule has 0 radical (unpaired) electrons. The van der Waals surface area contributed by atoms with Crippen molar-refractivity contribution in [2.24, 2.45) is 0 Å². The lowest BCUT2D eigenvalue weighted by Gasteiger charge is -2.15. The molecule has 0 spiro atoms. The highest BCUT2D eigenvalue weighted by molar-refractivity contribution is 6.07. The smallest absolute Gasteiger partial charge is 0.325 e. The van der Waals surface area contributed by atoms with Crippen LogP contribution in [0.3, 0.4) is 0 Å². The van der Waals surface area contributed by atoms with E-state index in [1.165, 1.54) is 6.20 Å². The maximum Gasteiger partial charge on any atom is 0.325 e. The molecule has 0 aliphatic carbocycles. The Balaban J connectivity index is 1.32. The number of benzene rings is 3. The van der Waals surface area contributed by atoms with Crippen molar-refractivity contribution in [2.45, 2.75) is 40.0 Å². The van der Waals surface area contributed by atoms with Crippen molar-refractivity contribution in [1.29, 1.82) is 0 Å². The van der Waals surface area contributed by atoms with Crippen LogP contribution in [-0.2, 0) is 14.9 Å². The van der Waals surface area contributed by atoms with Gasteiger partial charge in [-0.3, -0.25) is 15.4 Å². The molecule has 2 heterocycles. The van der Waals surface area contributed by atoms with Crippen LogP contribution in [0.25, 0.3) is 16.5 Å². The molecule has 3 aromatic carbocycles. The molecular formula is C35H37N7O5. The minimum absolute atomic E-state index is 0.224. The number of hydrogen-bond donors (Lipinski definition) is 4. The number of amides is 4. The highest BCUT2D eigenvalue weighted by atomic mass is 16.5. The highest BCUT2D eigenvalue weighted by Crippen LogP contribution is 2.35. The Morgan fingerprint density at radius 2 is 1.60 bits per heavy atom. The molecule has 0 saturated heterocycles. The summed E-state index contributed by atoms with van der Waals surface area (Å²) in [6.07, 6.45) is 1.49. The first-order valence-corrected chi connectivity index (χ1v) is 15.1. The largest absolute Gasteiger partial charge is 0.465 e. The van der Waals surface area contributed by atoms with Gasteiger partial charge >= 0.3 is 18.0 Å². The maximum absolute atomic E-state index is 13.4. The molecule has 0 aliphatic rings. The van der Waals surface area contributed by atoms with Crippen LogP contribution in [0.5, 0.6) is 11.5 Å². The van der Waals surface area contributed by atoms with Gasteiger partial charge in [0.2, 0.25) is 0 Å². The highest BCUT2D eigenvalue weighted by Gasteiger charge is 2.22. The molecule has 47 heavy (non-hydrogen) atoms. The van der Waals surface area contributed by atoms with Gasteiger partial charge in [0.25, 0.3) is 0 Å². The first kappa shape index (κ1) is 32.5. The summed E-state index contributed by atoms with van der Waals surface area (Å²) in [6, 6.07) is 23.0. The third-order valence-electron chi connectivity index (χ3n) is 7.03. The molecule has 242 valence electrons. The molecule has 4 N–H and O–H groups in total. The summed E-state index contributed by atoms with van der Waals surface area (Å²) in [6.45, 7) is 9.88. The number of carbonyl (C=O) groups is 3. The zero-order chi connectivity index (χ0) is 33.6. The summed E-state index contributed by atoms with van der Waals surface area (Å²) in [5, 5.41) is 17.2. The lowest BCUT2D eigenvalue weighted by Crippen LogP contribution is -2.34. The lowest BCUT2D eigenvalue weighted by molar-refractivity contribution is -0.141. The third kappa shape index (κ3) is 8.23. The quantitative estimate of drug-likeness (QED) is 0.126. The molecule has 0 saturated carbocycles. The SMILES string of the molecule is CCOC(=O)CNC(=O)Nc1cc(Oc2ccc(NC(=O)Nc3cc(C(C)(C)C)nn3-c3ccc(C)cc3)c3ccccc23)ccn1. The topological polar surface area (TPSA) is 148 Å². The van der Waals surface area contributed by atoms with E-state index >= 15 is 0 Å². The van der Waals surface area contributed by atoms with Crippen molar-refractivity contribution in [3.8, 4) is 17.2 Å². The monoisotopic (exact) mass is 635 g/mol. The molecule has 0 unspecified atom stereocenters. The Hall–Kier alpha value is -5.91. The predicted octanol–water partition coefficient (Wildman–Crippen LogP) is 7.15. The van der Waals surface area contributed by atoms with Gasteiger partial charge in [0, 0.05) is 34.5 Å². The number of carbonyl (C=O) groups excluding carboxylic acids is 3. The van der Waals surface area contributed by atoms with Gasteiger partial charge in [-0.2, -0.15) is 5.10 Å². The molecule has 0 bridgehead atoms. The zero-order valence-corrected chi connectivity index (χ0v) is 26.9. The van der Waals surface area contributed by atoms with Crippen molar-refractivity contribution >= 4 is 46.1 Å². The van der Waals surface area contributed by atoms with Crippen molar-refractivity contribution in [1.82, 2.24) is 20.1 Å². The van der Waals surface area contributed by atoms with Crippen LogP contribution in [0.2, 0.25) is 0 Å². The number of anilines is 3. The number of rotatable bonds is 9. The molecular weight excluding hydrogens is 598 g/mol. The van der Waals surface area contributed by atoms with E-state index < -0.39 is 18.0 Å². The van der Waals surface area contributed by atoms with E-state index in [9.17, 15) is 14.4 Å². The number of nitrogens with zero attached hydrogens (tertiary/aromatic N) is 3. The zero-order valence-electron chi connectivity index (χ0n) is 26.9. The average molecular weight is 636 g/mol. The van der Waals surface area contributed by atoms with Gasteiger partial charge in [-0.25, -0.2) is 19.3 Å². The minimum atomic E-state index is -0.613. The molecule has 4 amide bonds. The number of urea groups is 2. The Kier molecular flexibility index (Phi) is 9.69. The number of fused-ring (bicyclic) bond motifs is 1. The molecule has 0 fully saturated rings. The van der Waals surface area contributed by atoms with Crippen molar-refractivity contribution in [2.75, 3.05) is 29.1 Å². The molecule has 12 heteroatoms. The van der Waals surface area contributed by atoms with Crippen LogP contribution in [0.1, 0.15) is 39.0 Å². The van der Waals surface area contributed by atoms with E-state index in [1.807, 2.05) is 61.5 Å². The summed E-state index contributed by atoms with van der Waals surface area (Å²) in [4.78, 5) is 41.2.